The fourth-order valence-electron chi connectivity index (χ4n) is 0.193. The zero-order valence-electron chi connectivity index (χ0n) is 4.60. The second kappa shape index (κ2) is 2.23. The summed E-state index contributed by atoms with van der Waals surface area (Å²) in [6, 6.07) is 2.03. The average molecular weight is 115 g/mol. The molecule has 0 bridgehead atoms. The van der Waals surface area contributed by atoms with Crippen molar-refractivity contribution in [2.75, 3.05) is 0 Å². The molecule has 2 heteroatoms. The van der Waals surface area contributed by atoms with Crippen molar-refractivity contribution in [2.24, 2.45) is 0 Å². The van der Waals surface area contributed by atoms with Crippen molar-refractivity contribution in [3.8, 4) is 6.07 Å². The van der Waals surface area contributed by atoms with Crippen LogP contribution >= 0.6 is 12.6 Å². The molecular weight excluding hydrogens is 106 g/mol. The molecule has 40 valence electrons. The van der Waals surface area contributed by atoms with Crippen LogP contribution in [-0.2, 0) is 0 Å². The predicted octanol–water partition coefficient (Wildman–Crippen LogP) is 1.61. The van der Waals surface area contributed by atoms with Crippen molar-refractivity contribution in [3.63, 3.8) is 0 Å². The van der Waals surface area contributed by atoms with Gasteiger partial charge in [-0.3, -0.25) is 0 Å². The lowest BCUT2D eigenvalue weighted by molar-refractivity contribution is 0.741. The van der Waals surface area contributed by atoms with Crippen LogP contribution in [-0.4, -0.2) is 4.75 Å². The van der Waals surface area contributed by atoms with Gasteiger partial charge < -0.3 is 0 Å². The van der Waals surface area contributed by atoms with Crippen molar-refractivity contribution < 1.29 is 0 Å². The molecule has 0 unspecified atom stereocenters. The van der Waals surface area contributed by atoms with Gasteiger partial charge in [-0.2, -0.15) is 17.9 Å². The van der Waals surface area contributed by atoms with Gasteiger partial charge in [0, 0.05) is 11.2 Å². The SMILES string of the molecule is CC(C)(S)CC#N. The fraction of sp³-hybridized carbons (Fsp3) is 0.800. The summed E-state index contributed by atoms with van der Waals surface area (Å²) in [6.07, 6.45) is 0.510. The van der Waals surface area contributed by atoms with E-state index < -0.39 is 0 Å². The van der Waals surface area contributed by atoms with Crippen molar-refractivity contribution in [1.82, 2.24) is 0 Å². The van der Waals surface area contributed by atoms with E-state index in [9.17, 15) is 0 Å². The molecule has 0 atom stereocenters. The molecule has 0 rings (SSSR count). The molecule has 0 heterocycles. The van der Waals surface area contributed by atoms with Gasteiger partial charge in [-0.25, -0.2) is 0 Å². The first-order valence-corrected chi connectivity index (χ1v) is 2.60. The van der Waals surface area contributed by atoms with Crippen molar-refractivity contribution in [1.29, 1.82) is 5.26 Å². The maximum Gasteiger partial charge on any atom is 0.0636 e. The van der Waals surface area contributed by atoms with Crippen molar-refractivity contribution in [3.05, 3.63) is 0 Å². The molecule has 0 saturated carbocycles. The normalized spacial score (nSPS) is 10.6. The minimum atomic E-state index is -0.116. The first-order chi connectivity index (χ1) is 3.06. The highest BCUT2D eigenvalue weighted by Crippen LogP contribution is 2.14. The molecule has 0 amide bonds. The Hall–Kier alpha value is -0.160. The predicted molar refractivity (Wildman–Crippen MR) is 33.3 cm³/mol. The second-order valence-corrected chi connectivity index (χ2v) is 3.36. The third-order valence-corrected chi connectivity index (χ3v) is 0.670. The van der Waals surface area contributed by atoms with Crippen LogP contribution in [0.4, 0.5) is 0 Å². The summed E-state index contributed by atoms with van der Waals surface area (Å²) in [6.45, 7) is 3.83. The number of hydrogen-bond donors (Lipinski definition) is 1. The summed E-state index contributed by atoms with van der Waals surface area (Å²) in [4.78, 5) is 0. The summed E-state index contributed by atoms with van der Waals surface area (Å²) >= 11 is 4.11. The molecule has 7 heavy (non-hydrogen) atoms. The summed E-state index contributed by atoms with van der Waals surface area (Å²) in [5.74, 6) is 0. The van der Waals surface area contributed by atoms with E-state index in [0.29, 0.717) is 6.42 Å². The highest BCUT2D eigenvalue weighted by Gasteiger charge is 2.08. The second-order valence-electron chi connectivity index (χ2n) is 2.15. The fourth-order valence-corrected chi connectivity index (χ4v) is 0.264. The van der Waals surface area contributed by atoms with Crippen LogP contribution < -0.4 is 0 Å². The largest absolute Gasteiger partial charge is 0.198 e. The van der Waals surface area contributed by atoms with Gasteiger partial charge in [0.15, 0.2) is 0 Å². The van der Waals surface area contributed by atoms with Crippen LogP contribution in [0, 0.1) is 11.3 Å². The monoisotopic (exact) mass is 115 g/mol. The van der Waals surface area contributed by atoms with E-state index in [0.717, 1.165) is 0 Å². The minimum absolute atomic E-state index is 0.116. The maximum absolute atomic E-state index is 8.10. The molecule has 0 aliphatic heterocycles. The van der Waals surface area contributed by atoms with E-state index in [1.807, 2.05) is 19.9 Å². The Morgan fingerprint density at radius 1 is 1.71 bits per heavy atom. The van der Waals surface area contributed by atoms with E-state index in [1.54, 1.807) is 0 Å². The number of nitriles is 1. The molecule has 0 radical (unpaired) electrons. The molecule has 0 fully saturated rings. The number of thiol groups is 1. The topological polar surface area (TPSA) is 23.8 Å². The van der Waals surface area contributed by atoms with Gasteiger partial charge in [-0.05, 0) is 13.8 Å². The van der Waals surface area contributed by atoms with Crippen LogP contribution in [0.5, 0.6) is 0 Å². The van der Waals surface area contributed by atoms with E-state index in [2.05, 4.69) is 12.6 Å². The minimum Gasteiger partial charge on any atom is -0.198 e. The number of nitrogens with zero attached hydrogens (tertiary/aromatic N) is 1. The van der Waals surface area contributed by atoms with Crippen LogP contribution in [0.1, 0.15) is 20.3 Å². The molecule has 0 aliphatic rings. The van der Waals surface area contributed by atoms with Crippen LogP contribution in [0.25, 0.3) is 0 Å². The Labute approximate surface area is 49.7 Å². The van der Waals surface area contributed by atoms with Crippen LogP contribution in [0.2, 0.25) is 0 Å². The highest BCUT2D eigenvalue weighted by atomic mass is 32.1. The van der Waals surface area contributed by atoms with E-state index >= 15 is 0 Å². The van der Waals surface area contributed by atoms with Gasteiger partial charge in [0.1, 0.15) is 0 Å². The summed E-state index contributed by atoms with van der Waals surface area (Å²) < 4.78 is -0.116. The molecule has 1 nitrogen and oxygen atoms in total. The van der Waals surface area contributed by atoms with E-state index in [-0.39, 0.29) is 4.75 Å². The third-order valence-electron chi connectivity index (χ3n) is 0.512. The lowest BCUT2D eigenvalue weighted by Gasteiger charge is -2.09. The third kappa shape index (κ3) is 5.84. The van der Waals surface area contributed by atoms with Crippen molar-refractivity contribution in [2.45, 2.75) is 25.0 Å². The van der Waals surface area contributed by atoms with Gasteiger partial charge >= 0.3 is 0 Å². The van der Waals surface area contributed by atoms with Crippen molar-refractivity contribution >= 4 is 12.6 Å². The van der Waals surface area contributed by atoms with Gasteiger partial charge in [-0.1, -0.05) is 0 Å². The lowest BCUT2D eigenvalue weighted by Crippen LogP contribution is -2.07. The Morgan fingerprint density at radius 2 is 2.14 bits per heavy atom. The van der Waals surface area contributed by atoms with Crippen LogP contribution in [0.3, 0.4) is 0 Å². The Kier molecular flexibility index (Phi) is 2.17. The van der Waals surface area contributed by atoms with E-state index in [4.69, 9.17) is 5.26 Å². The van der Waals surface area contributed by atoms with Gasteiger partial charge in [0.25, 0.3) is 0 Å². The maximum atomic E-state index is 8.10. The first-order valence-electron chi connectivity index (χ1n) is 2.15. The summed E-state index contributed by atoms with van der Waals surface area (Å²) in [5.41, 5.74) is 0. The molecule has 0 N–H and O–H groups in total. The molecule has 0 aromatic carbocycles. The number of rotatable bonds is 1. The van der Waals surface area contributed by atoms with Gasteiger partial charge in [-0.15, -0.1) is 0 Å². The van der Waals surface area contributed by atoms with E-state index in [1.165, 1.54) is 0 Å². The standard InChI is InChI=1S/C5H9NS/c1-5(2,7)3-4-6/h7H,3H2,1-2H3. The molecular formula is C5H9NS. The molecule has 0 aliphatic carbocycles. The highest BCUT2D eigenvalue weighted by molar-refractivity contribution is 7.81. The Balaban J connectivity index is 3.40. The zero-order valence-corrected chi connectivity index (χ0v) is 5.50. The summed E-state index contributed by atoms with van der Waals surface area (Å²) in [7, 11) is 0. The zero-order chi connectivity index (χ0) is 5.91. The Bertz CT molecular complexity index is 85.2. The first kappa shape index (κ1) is 6.84. The van der Waals surface area contributed by atoms with Crippen LogP contribution in [0.15, 0.2) is 0 Å². The molecule has 0 spiro atoms. The molecule has 0 aromatic heterocycles. The number of hydrogen-bond acceptors (Lipinski definition) is 2. The Morgan fingerprint density at radius 3 is 2.14 bits per heavy atom. The smallest absolute Gasteiger partial charge is 0.0636 e. The molecule has 0 saturated heterocycles. The molecule has 0 aromatic rings. The quantitative estimate of drug-likeness (QED) is 0.516. The van der Waals surface area contributed by atoms with Gasteiger partial charge in [0.05, 0.1) is 6.07 Å². The average Bonchev–Trinajstić information content (AvgIpc) is 1.30. The lowest BCUT2D eigenvalue weighted by atomic mass is 10.1. The van der Waals surface area contributed by atoms with Gasteiger partial charge in [0.2, 0.25) is 0 Å². The summed E-state index contributed by atoms with van der Waals surface area (Å²) in [5, 5.41) is 8.10.